The van der Waals surface area contributed by atoms with Crippen LogP contribution in [0, 0.1) is 20.8 Å². The summed E-state index contributed by atoms with van der Waals surface area (Å²) in [6.07, 6.45) is 0. The number of ether oxygens (including phenoxy) is 1. The summed E-state index contributed by atoms with van der Waals surface area (Å²) in [5, 5.41) is 2.84. The molecule has 3 aromatic rings. The van der Waals surface area contributed by atoms with Crippen molar-refractivity contribution in [3.05, 3.63) is 88.5 Å². The van der Waals surface area contributed by atoms with Gasteiger partial charge in [-0.25, -0.2) is 8.42 Å². The van der Waals surface area contributed by atoms with Gasteiger partial charge in [-0.1, -0.05) is 30.3 Å². The molecule has 168 valence electrons. The van der Waals surface area contributed by atoms with Crippen molar-refractivity contribution in [3.63, 3.8) is 0 Å². The van der Waals surface area contributed by atoms with E-state index in [2.05, 4.69) is 10.0 Å². The first kappa shape index (κ1) is 23.3. The first-order chi connectivity index (χ1) is 15.2. The minimum atomic E-state index is -3.86. The molecular weight excluding hydrogens is 424 g/mol. The van der Waals surface area contributed by atoms with E-state index in [1.54, 1.807) is 31.2 Å². The van der Waals surface area contributed by atoms with Gasteiger partial charge in [-0.2, -0.15) is 0 Å². The molecule has 7 heteroatoms. The third-order valence-corrected chi connectivity index (χ3v) is 6.45. The topological polar surface area (TPSA) is 84.5 Å². The van der Waals surface area contributed by atoms with Gasteiger partial charge in [-0.05, 0) is 74.7 Å². The van der Waals surface area contributed by atoms with E-state index < -0.39 is 10.0 Å². The van der Waals surface area contributed by atoms with E-state index in [0.717, 1.165) is 16.7 Å². The normalized spacial score (nSPS) is 11.1. The number of rotatable bonds is 8. The first-order valence-electron chi connectivity index (χ1n) is 10.4. The van der Waals surface area contributed by atoms with Crippen molar-refractivity contribution in [2.24, 2.45) is 0 Å². The Balaban J connectivity index is 1.81. The summed E-state index contributed by atoms with van der Waals surface area (Å²) in [6.45, 7) is 8.21. The predicted octanol–water partition coefficient (Wildman–Crippen LogP) is 4.74. The lowest BCUT2D eigenvalue weighted by Crippen LogP contribution is -2.24. The molecule has 0 fully saturated rings. The molecule has 1 amide bonds. The van der Waals surface area contributed by atoms with Crippen LogP contribution in [0.25, 0.3) is 0 Å². The van der Waals surface area contributed by atoms with Crippen LogP contribution in [0.1, 0.15) is 39.5 Å². The van der Waals surface area contributed by atoms with Crippen molar-refractivity contribution in [3.8, 4) is 5.75 Å². The molecule has 0 atom stereocenters. The molecule has 0 heterocycles. The molecule has 0 aliphatic carbocycles. The fraction of sp³-hybridized carbons (Fsp3) is 0.240. The number of nitrogens with one attached hydrogen (secondary N) is 2. The maximum Gasteiger partial charge on any atom is 0.262 e. The molecule has 0 spiro atoms. The van der Waals surface area contributed by atoms with Gasteiger partial charge in [0.1, 0.15) is 5.75 Å². The van der Waals surface area contributed by atoms with Gasteiger partial charge in [0.2, 0.25) is 0 Å². The van der Waals surface area contributed by atoms with Gasteiger partial charge < -0.3 is 10.1 Å². The van der Waals surface area contributed by atoms with Crippen LogP contribution >= 0.6 is 0 Å². The highest BCUT2D eigenvalue weighted by Crippen LogP contribution is 2.23. The van der Waals surface area contributed by atoms with E-state index in [4.69, 9.17) is 4.74 Å². The SMILES string of the molecule is CCOc1ccccc1CNC(=O)c1ccc(C)c(S(=O)(=O)Nc2cc(C)cc(C)c2)c1. The molecule has 0 unspecified atom stereocenters. The lowest BCUT2D eigenvalue weighted by molar-refractivity contribution is 0.0950. The Kier molecular flexibility index (Phi) is 7.20. The largest absolute Gasteiger partial charge is 0.494 e. The van der Waals surface area contributed by atoms with Gasteiger partial charge in [-0.15, -0.1) is 0 Å². The number of amides is 1. The van der Waals surface area contributed by atoms with Crippen LogP contribution in [-0.2, 0) is 16.6 Å². The zero-order valence-electron chi connectivity index (χ0n) is 18.7. The number of benzene rings is 3. The fourth-order valence-electron chi connectivity index (χ4n) is 3.50. The standard InChI is InChI=1S/C25H28N2O4S/c1-5-31-23-9-7-6-8-21(23)16-26-25(28)20-11-10-19(4)24(15-20)32(29,30)27-22-13-17(2)12-18(3)14-22/h6-15,27H,5,16H2,1-4H3,(H,26,28). The zero-order valence-corrected chi connectivity index (χ0v) is 19.5. The summed E-state index contributed by atoms with van der Waals surface area (Å²) in [6, 6.07) is 17.6. The molecule has 0 aliphatic rings. The van der Waals surface area contributed by atoms with Crippen LogP contribution in [-0.4, -0.2) is 20.9 Å². The number of aryl methyl sites for hydroxylation is 3. The van der Waals surface area contributed by atoms with Gasteiger partial charge in [0.25, 0.3) is 15.9 Å². The number of carbonyl (C=O) groups excluding carboxylic acids is 1. The molecule has 0 aliphatic heterocycles. The minimum absolute atomic E-state index is 0.0685. The highest BCUT2D eigenvalue weighted by molar-refractivity contribution is 7.92. The van der Waals surface area contributed by atoms with Crippen LogP contribution < -0.4 is 14.8 Å². The minimum Gasteiger partial charge on any atom is -0.494 e. The molecule has 6 nitrogen and oxygen atoms in total. The number of carbonyl (C=O) groups is 1. The Bertz CT molecular complexity index is 1220. The molecule has 0 aromatic heterocycles. The summed E-state index contributed by atoms with van der Waals surface area (Å²) in [5.74, 6) is 0.347. The van der Waals surface area contributed by atoms with Crippen molar-refractivity contribution in [1.29, 1.82) is 0 Å². The molecule has 0 radical (unpaired) electrons. The highest BCUT2D eigenvalue weighted by Gasteiger charge is 2.20. The maximum atomic E-state index is 13.1. The summed E-state index contributed by atoms with van der Waals surface area (Å²) in [7, 11) is -3.86. The van der Waals surface area contributed by atoms with E-state index >= 15 is 0 Å². The van der Waals surface area contributed by atoms with Crippen LogP contribution in [0.4, 0.5) is 5.69 Å². The van der Waals surface area contributed by atoms with Crippen molar-refractivity contribution < 1.29 is 17.9 Å². The Labute approximate surface area is 189 Å². The van der Waals surface area contributed by atoms with E-state index in [0.29, 0.717) is 23.6 Å². The molecule has 32 heavy (non-hydrogen) atoms. The number of sulfonamides is 1. The second-order valence-electron chi connectivity index (χ2n) is 7.69. The zero-order chi connectivity index (χ0) is 23.3. The third-order valence-electron chi connectivity index (χ3n) is 4.93. The van der Waals surface area contributed by atoms with Crippen LogP contribution in [0.5, 0.6) is 5.75 Å². The summed E-state index contributed by atoms with van der Waals surface area (Å²) in [4.78, 5) is 12.8. The number of hydrogen-bond donors (Lipinski definition) is 2. The van der Waals surface area contributed by atoms with E-state index in [9.17, 15) is 13.2 Å². The van der Waals surface area contributed by atoms with Gasteiger partial charge in [0.05, 0.1) is 11.5 Å². The van der Waals surface area contributed by atoms with Gasteiger partial charge in [0.15, 0.2) is 0 Å². The highest BCUT2D eigenvalue weighted by atomic mass is 32.2. The second-order valence-corrected chi connectivity index (χ2v) is 9.34. The Morgan fingerprint density at radius 1 is 0.938 bits per heavy atom. The molecule has 0 saturated carbocycles. The van der Waals surface area contributed by atoms with Crippen molar-refractivity contribution in [1.82, 2.24) is 5.32 Å². The van der Waals surface area contributed by atoms with Gasteiger partial charge >= 0.3 is 0 Å². The molecular formula is C25H28N2O4S. The number of para-hydroxylation sites is 1. The van der Waals surface area contributed by atoms with Crippen LogP contribution in [0.2, 0.25) is 0 Å². The number of hydrogen-bond acceptors (Lipinski definition) is 4. The average Bonchev–Trinajstić information content (AvgIpc) is 2.72. The molecule has 2 N–H and O–H groups in total. The molecule has 3 rings (SSSR count). The molecule has 0 saturated heterocycles. The second kappa shape index (κ2) is 9.87. The van der Waals surface area contributed by atoms with E-state index in [-0.39, 0.29) is 22.9 Å². The Morgan fingerprint density at radius 3 is 2.31 bits per heavy atom. The summed E-state index contributed by atoms with van der Waals surface area (Å²) < 4.78 is 34.3. The van der Waals surface area contributed by atoms with Crippen molar-refractivity contribution in [2.45, 2.75) is 39.1 Å². The fourth-order valence-corrected chi connectivity index (χ4v) is 4.81. The van der Waals surface area contributed by atoms with Gasteiger partial charge in [0, 0.05) is 23.4 Å². The number of anilines is 1. The monoisotopic (exact) mass is 452 g/mol. The van der Waals surface area contributed by atoms with E-state index in [1.807, 2.05) is 51.1 Å². The summed E-state index contributed by atoms with van der Waals surface area (Å²) in [5.41, 5.74) is 4.08. The average molecular weight is 453 g/mol. The lowest BCUT2D eigenvalue weighted by atomic mass is 10.1. The third kappa shape index (κ3) is 5.68. The predicted molar refractivity (Wildman–Crippen MR) is 127 cm³/mol. The lowest BCUT2D eigenvalue weighted by Gasteiger charge is -2.14. The Morgan fingerprint density at radius 2 is 1.62 bits per heavy atom. The van der Waals surface area contributed by atoms with Crippen LogP contribution in [0.3, 0.4) is 0 Å². The maximum absolute atomic E-state index is 13.1. The molecule has 0 bridgehead atoms. The van der Waals surface area contributed by atoms with Gasteiger partial charge in [-0.3, -0.25) is 9.52 Å². The smallest absolute Gasteiger partial charge is 0.262 e. The van der Waals surface area contributed by atoms with E-state index in [1.165, 1.54) is 6.07 Å². The Hall–Kier alpha value is -3.32. The first-order valence-corrected chi connectivity index (χ1v) is 11.9. The van der Waals surface area contributed by atoms with Crippen LogP contribution in [0.15, 0.2) is 65.6 Å². The summed E-state index contributed by atoms with van der Waals surface area (Å²) >= 11 is 0. The molecule has 3 aromatic carbocycles. The quantitative estimate of drug-likeness (QED) is 0.517. The van der Waals surface area contributed by atoms with Crippen molar-refractivity contribution >= 4 is 21.6 Å². The van der Waals surface area contributed by atoms with Crippen molar-refractivity contribution in [2.75, 3.05) is 11.3 Å².